The molecular formula is C12H6ClF3N2O2S. The van der Waals surface area contributed by atoms with Gasteiger partial charge in [0.15, 0.2) is 0 Å². The van der Waals surface area contributed by atoms with Crippen LogP contribution in [-0.2, 0) is 6.18 Å². The first kappa shape index (κ1) is 15.6. The number of aromatic nitrogens is 2. The van der Waals surface area contributed by atoms with Gasteiger partial charge in [-0.2, -0.15) is 13.2 Å². The van der Waals surface area contributed by atoms with E-state index in [1.807, 2.05) is 0 Å². The molecule has 0 atom stereocenters. The van der Waals surface area contributed by atoms with Crippen LogP contribution in [0, 0.1) is 0 Å². The van der Waals surface area contributed by atoms with E-state index >= 15 is 0 Å². The van der Waals surface area contributed by atoms with Gasteiger partial charge in [-0.1, -0.05) is 23.4 Å². The summed E-state index contributed by atoms with van der Waals surface area (Å²) >= 11 is 6.61. The lowest BCUT2D eigenvalue weighted by Crippen LogP contribution is -2.05. The number of alkyl halides is 3. The van der Waals surface area contributed by atoms with Crippen LogP contribution in [0.1, 0.15) is 15.9 Å². The van der Waals surface area contributed by atoms with Crippen molar-refractivity contribution in [3.05, 3.63) is 46.7 Å². The van der Waals surface area contributed by atoms with Crippen molar-refractivity contribution in [1.29, 1.82) is 0 Å². The summed E-state index contributed by atoms with van der Waals surface area (Å²) in [6, 6.07) is 3.31. The van der Waals surface area contributed by atoms with E-state index in [9.17, 15) is 18.0 Å². The second-order valence-electron chi connectivity index (χ2n) is 3.79. The van der Waals surface area contributed by atoms with Gasteiger partial charge in [0.25, 0.3) is 0 Å². The Hall–Kier alpha value is -1.80. The average Bonchev–Trinajstić information content (AvgIpc) is 2.40. The molecule has 110 valence electrons. The molecule has 0 saturated heterocycles. The molecule has 21 heavy (non-hydrogen) atoms. The number of aromatic carboxylic acids is 1. The molecule has 2 aromatic rings. The lowest BCUT2D eigenvalue weighted by atomic mass is 10.3. The van der Waals surface area contributed by atoms with E-state index in [1.54, 1.807) is 0 Å². The van der Waals surface area contributed by atoms with E-state index in [4.69, 9.17) is 16.7 Å². The Morgan fingerprint density at radius 3 is 2.38 bits per heavy atom. The second kappa shape index (κ2) is 5.90. The minimum absolute atomic E-state index is 0.0211. The van der Waals surface area contributed by atoms with Gasteiger partial charge in [-0.15, -0.1) is 0 Å². The molecule has 0 amide bonds. The molecule has 0 aliphatic carbocycles. The van der Waals surface area contributed by atoms with Crippen LogP contribution in [0.4, 0.5) is 13.2 Å². The van der Waals surface area contributed by atoms with Crippen LogP contribution in [0.25, 0.3) is 0 Å². The zero-order chi connectivity index (χ0) is 15.6. The Morgan fingerprint density at radius 2 is 1.86 bits per heavy atom. The molecule has 0 saturated carbocycles. The number of carboxylic acids is 1. The van der Waals surface area contributed by atoms with Crippen LogP contribution in [-0.4, -0.2) is 21.0 Å². The largest absolute Gasteiger partial charge is 0.478 e. The molecule has 4 nitrogen and oxygen atoms in total. The topological polar surface area (TPSA) is 63.1 Å². The first-order valence-electron chi connectivity index (χ1n) is 5.37. The highest BCUT2D eigenvalue weighted by Crippen LogP contribution is 2.31. The number of rotatable bonds is 3. The first-order valence-corrected chi connectivity index (χ1v) is 6.57. The molecule has 2 aromatic heterocycles. The smallest absolute Gasteiger partial charge is 0.417 e. The van der Waals surface area contributed by atoms with Crippen molar-refractivity contribution in [2.45, 2.75) is 16.2 Å². The SMILES string of the molecule is O=C(O)c1cc(Sc2ccc(C(F)(F)F)cn2)ncc1Cl. The maximum atomic E-state index is 12.4. The summed E-state index contributed by atoms with van der Waals surface area (Å²) in [5.41, 5.74) is -0.997. The van der Waals surface area contributed by atoms with Gasteiger partial charge in [-0.05, 0) is 18.2 Å². The van der Waals surface area contributed by atoms with Crippen molar-refractivity contribution in [3.63, 3.8) is 0 Å². The highest BCUT2D eigenvalue weighted by molar-refractivity contribution is 7.99. The van der Waals surface area contributed by atoms with Gasteiger partial charge in [0, 0.05) is 12.4 Å². The number of halogens is 4. The van der Waals surface area contributed by atoms with Crippen molar-refractivity contribution in [1.82, 2.24) is 9.97 Å². The predicted octanol–water partition coefficient (Wildman–Crippen LogP) is 4.00. The van der Waals surface area contributed by atoms with Gasteiger partial charge in [0.1, 0.15) is 10.1 Å². The first-order chi connectivity index (χ1) is 9.77. The Kier molecular flexibility index (Phi) is 4.38. The molecule has 1 N–H and O–H groups in total. The van der Waals surface area contributed by atoms with E-state index in [1.165, 1.54) is 12.1 Å². The molecule has 0 aliphatic heterocycles. The van der Waals surface area contributed by atoms with Crippen molar-refractivity contribution < 1.29 is 23.1 Å². The van der Waals surface area contributed by atoms with E-state index in [0.717, 1.165) is 24.0 Å². The number of nitrogens with zero attached hydrogens (tertiary/aromatic N) is 2. The molecule has 0 spiro atoms. The molecule has 0 unspecified atom stereocenters. The van der Waals surface area contributed by atoms with Crippen LogP contribution in [0.3, 0.4) is 0 Å². The Balaban J connectivity index is 2.22. The van der Waals surface area contributed by atoms with Gasteiger partial charge in [-0.3, -0.25) is 0 Å². The highest BCUT2D eigenvalue weighted by atomic mass is 35.5. The standard InChI is InChI=1S/C12H6ClF3N2O2S/c13-8-5-18-10(3-7(8)11(19)20)21-9-2-1-6(4-17-9)12(14,15)16/h1-5H,(H,19,20). The lowest BCUT2D eigenvalue weighted by molar-refractivity contribution is -0.137. The summed E-state index contributed by atoms with van der Waals surface area (Å²) in [6.07, 6.45) is -2.58. The van der Waals surface area contributed by atoms with Gasteiger partial charge in [-0.25, -0.2) is 14.8 Å². The van der Waals surface area contributed by atoms with Gasteiger partial charge in [0.2, 0.25) is 0 Å². The van der Waals surface area contributed by atoms with E-state index in [0.29, 0.717) is 6.20 Å². The fourth-order valence-electron chi connectivity index (χ4n) is 1.35. The van der Waals surface area contributed by atoms with Crippen molar-refractivity contribution in [2.75, 3.05) is 0 Å². The van der Waals surface area contributed by atoms with E-state index < -0.39 is 17.7 Å². The number of pyridine rings is 2. The molecule has 0 aliphatic rings. The third-order valence-electron chi connectivity index (χ3n) is 2.33. The zero-order valence-corrected chi connectivity index (χ0v) is 11.6. The predicted molar refractivity (Wildman–Crippen MR) is 69.6 cm³/mol. The third kappa shape index (κ3) is 3.85. The summed E-state index contributed by atoms with van der Waals surface area (Å²) in [4.78, 5) is 18.5. The zero-order valence-electron chi connectivity index (χ0n) is 10.1. The molecule has 2 rings (SSSR count). The van der Waals surface area contributed by atoms with Crippen LogP contribution in [0.5, 0.6) is 0 Å². The van der Waals surface area contributed by atoms with Crippen LogP contribution in [0.2, 0.25) is 5.02 Å². The fourth-order valence-corrected chi connectivity index (χ4v) is 2.28. The van der Waals surface area contributed by atoms with E-state index in [2.05, 4.69) is 9.97 Å². The van der Waals surface area contributed by atoms with Crippen molar-refractivity contribution >= 4 is 29.3 Å². The highest BCUT2D eigenvalue weighted by Gasteiger charge is 2.30. The lowest BCUT2D eigenvalue weighted by Gasteiger charge is -2.07. The normalized spacial score (nSPS) is 11.4. The summed E-state index contributed by atoms with van der Waals surface area (Å²) in [7, 11) is 0. The third-order valence-corrected chi connectivity index (χ3v) is 3.52. The van der Waals surface area contributed by atoms with E-state index in [-0.39, 0.29) is 20.6 Å². The summed E-state index contributed by atoms with van der Waals surface area (Å²) < 4.78 is 37.2. The minimum atomic E-state index is -4.45. The Bertz CT molecular complexity index is 677. The average molecular weight is 335 g/mol. The van der Waals surface area contributed by atoms with Crippen LogP contribution < -0.4 is 0 Å². The molecule has 0 bridgehead atoms. The molecule has 0 radical (unpaired) electrons. The molecule has 9 heteroatoms. The maximum absolute atomic E-state index is 12.4. The van der Waals surface area contributed by atoms with Gasteiger partial charge >= 0.3 is 12.1 Å². The van der Waals surface area contributed by atoms with Gasteiger partial charge in [0.05, 0.1) is 16.1 Å². The quantitative estimate of drug-likeness (QED) is 0.919. The van der Waals surface area contributed by atoms with Crippen molar-refractivity contribution in [2.24, 2.45) is 0 Å². The summed E-state index contributed by atoms with van der Waals surface area (Å²) in [5.74, 6) is -1.22. The number of hydrogen-bond donors (Lipinski definition) is 1. The molecule has 0 fully saturated rings. The second-order valence-corrected chi connectivity index (χ2v) is 5.24. The number of carboxylic acid groups (broad SMARTS) is 1. The monoisotopic (exact) mass is 334 g/mol. The number of hydrogen-bond acceptors (Lipinski definition) is 4. The summed E-state index contributed by atoms with van der Waals surface area (Å²) in [5, 5.41) is 9.43. The summed E-state index contributed by atoms with van der Waals surface area (Å²) in [6.45, 7) is 0. The number of carbonyl (C=O) groups is 1. The van der Waals surface area contributed by atoms with Crippen molar-refractivity contribution in [3.8, 4) is 0 Å². The maximum Gasteiger partial charge on any atom is 0.417 e. The van der Waals surface area contributed by atoms with Gasteiger partial charge < -0.3 is 5.11 Å². The fraction of sp³-hybridized carbons (Fsp3) is 0.0833. The van der Waals surface area contributed by atoms with Crippen LogP contribution >= 0.6 is 23.4 Å². The Morgan fingerprint density at radius 1 is 1.19 bits per heavy atom. The molecule has 2 heterocycles. The molecule has 0 aromatic carbocycles. The van der Waals surface area contributed by atoms with Crippen LogP contribution in [0.15, 0.2) is 40.6 Å². The Labute approximate surface area is 126 Å². The molecular weight excluding hydrogens is 329 g/mol. The minimum Gasteiger partial charge on any atom is -0.478 e.